The van der Waals surface area contributed by atoms with Gasteiger partial charge in [-0.2, -0.15) is 0 Å². The Balaban J connectivity index is 1.37. The van der Waals surface area contributed by atoms with E-state index >= 15 is 0 Å². The number of ketones is 2. The van der Waals surface area contributed by atoms with Crippen molar-refractivity contribution in [2.24, 2.45) is 0 Å². The molecule has 67 heavy (non-hydrogen) atoms. The number of esters is 1. The van der Waals surface area contributed by atoms with Gasteiger partial charge in [-0.05, 0) is 58.7 Å². The van der Waals surface area contributed by atoms with Crippen LogP contribution in [0.4, 0.5) is 0 Å². The average molecular weight is 935 g/mol. The third-order valence-corrected chi connectivity index (χ3v) is 12.1. The lowest BCUT2D eigenvalue weighted by Gasteiger charge is -2.42. The minimum absolute atomic E-state index is 0.0662. The summed E-state index contributed by atoms with van der Waals surface area (Å²) in [4.78, 5) is 78.3. The SMILES string of the molecule is O=C(O)C(=O)O[C@H]1[C@H](Oc2cccc3c2C(=O)c2c(O)cc(C(=O)O)cc2[C@@H]3[C@H]2c3cc(C(=O)O)cc(O)c3C(=O)c3c(O[C@@H]4O[C@H](CO)[C@@H](O)[C@H](O)[C@H]4O)cccc32)O[C@H](CO)[C@@H](O)[C@@H]1O. The third kappa shape index (κ3) is 7.76. The molecule has 12 N–H and O–H groups in total. The molecular weight excluding hydrogens is 896 g/mol. The van der Waals surface area contributed by atoms with E-state index in [-0.39, 0.29) is 27.8 Å². The molecule has 2 saturated heterocycles. The van der Waals surface area contributed by atoms with Crippen LogP contribution in [0.3, 0.4) is 0 Å². The highest BCUT2D eigenvalue weighted by Gasteiger charge is 2.51. The van der Waals surface area contributed by atoms with Crippen LogP contribution in [0.25, 0.3) is 0 Å². The molecule has 2 aliphatic heterocycles. The summed E-state index contributed by atoms with van der Waals surface area (Å²) in [7, 11) is 0. The first-order valence-corrected chi connectivity index (χ1v) is 20.0. The van der Waals surface area contributed by atoms with E-state index in [2.05, 4.69) is 0 Å². The number of aliphatic hydroxyl groups is 7. The molecule has 0 saturated carbocycles. The van der Waals surface area contributed by atoms with Crippen molar-refractivity contribution in [3.8, 4) is 23.0 Å². The lowest BCUT2D eigenvalue weighted by Crippen LogP contribution is -2.61. The largest absolute Gasteiger partial charge is 0.507 e. The first kappa shape index (κ1) is 46.5. The highest BCUT2D eigenvalue weighted by atomic mass is 16.7. The first-order chi connectivity index (χ1) is 31.8. The number of phenols is 2. The maximum Gasteiger partial charge on any atom is 0.417 e. The molecule has 23 heteroatoms. The number of aliphatic hydroxyl groups excluding tert-OH is 7. The maximum absolute atomic E-state index is 14.8. The van der Waals surface area contributed by atoms with Crippen molar-refractivity contribution in [1.29, 1.82) is 0 Å². The Bertz CT molecular complexity index is 2730. The van der Waals surface area contributed by atoms with Crippen LogP contribution in [0.15, 0.2) is 60.7 Å². The van der Waals surface area contributed by atoms with Gasteiger partial charge >= 0.3 is 23.9 Å². The lowest BCUT2D eigenvalue weighted by molar-refractivity contribution is -0.282. The number of benzene rings is 4. The van der Waals surface area contributed by atoms with Gasteiger partial charge in [0, 0.05) is 11.8 Å². The molecule has 4 aromatic rings. The summed E-state index contributed by atoms with van der Waals surface area (Å²) in [5.74, 6) is -15.0. The minimum Gasteiger partial charge on any atom is -0.507 e. The number of carbonyl (C=O) groups excluding carboxylic acids is 3. The number of carboxylic acid groups (broad SMARTS) is 3. The molecule has 8 rings (SSSR count). The van der Waals surface area contributed by atoms with Gasteiger partial charge in [0.2, 0.25) is 24.1 Å². The highest BCUT2D eigenvalue weighted by Crippen LogP contribution is 2.56. The maximum atomic E-state index is 14.8. The highest BCUT2D eigenvalue weighted by molar-refractivity contribution is 6.28. The average Bonchev–Trinajstić information content (AvgIpc) is 3.29. The number of phenolic OH excluding ortho intramolecular Hbond substituents is 2. The molecule has 352 valence electrons. The van der Waals surface area contributed by atoms with E-state index in [0.29, 0.717) is 0 Å². The second kappa shape index (κ2) is 17.6. The summed E-state index contributed by atoms with van der Waals surface area (Å²) in [6.45, 7) is -1.82. The molecule has 0 radical (unpaired) electrons. The molecule has 0 aromatic heterocycles. The molecule has 23 nitrogen and oxygen atoms in total. The van der Waals surface area contributed by atoms with Gasteiger partial charge in [-0.1, -0.05) is 24.3 Å². The number of aromatic carboxylic acids is 2. The quantitative estimate of drug-likeness (QED) is 0.0638. The smallest absolute Gasteiger partial charge is 0.417 e. The summed E-state index contributed by atoms with van der Waals surface area (Å²) >= 11 is 0. The number of hydrogen-bond donors (Lipinski definition) is 12. The predicted molar refractivity (Wildman–Crippen MR) is 214 cm³/mol. The molecule has 12 atom stereocenters. The Labute approximate surface area is 374 Å². The molecule has 2 heterocycles. The summed E-state index contributed by atoms with van der Waals surface area (Å²) in [5.41, 5.74) is -3.67. The zero-order chi connectivity index (χ0) is 48.5. The normalized spacial score (nSPS) is 28.5. The second-order valence-corrected chi connectivity index (χ2v) is 15.9. The van der Waals surface area contributed by atoms with Crippen LogP contribution in [0.1, 0.15) is 86.6 Å². The molecule has 0 amide bonds. The van der Waals surface area contributed by atoms with Gasteiger partial charge in [0.25, 0.3) is 0 Å². The van der Waals surface area contributed by atoms with Gasteiger partial charge in [0.05, 0.1) is 46.6 Å². The molecular formula is C44H38O23. The van der Waals surface area contributed by atoms with Gasteiger partial charge < -0.3 is 85.0 Å². The number of carbonyl (C=O) groups is 6. The van der Waals surface area contributed by atoms with E-state index in [4.69, 9.17) is 23.7 Å². The summed E-state index contributed by atoms with van der Waals surface area (Å²) in [6, 6.07) is 11.3. The van der Waals surface area contributed by atoms with E-state index in [1.807, 2.05) is 0 Å². The molecule has 2 fully saturated rings. The van der Waals surface area contributed by atoms with Crippen LogP contribution in [0.2, 0.25) is 0 Å². The van der Waals surface area contributed by atoms with Gasteiger partial charge in [0.1, 0.15) is 65.7 Å². The van der Waals surface area contributed by atoms with Crippen LogP contribution in [0, 0.1) is 0 Å². The molecule has 0 spiro atoms. The van der Waals surface area contributed by atoms with Gasteiger partial charge in [-0.25, -0.2) is 19.2 Å². The number of aromatic hydroxyl groups is 2. The third-order valence-electron chi connectivity index (χ3n) is 12.1. The number of fused-ring (bicyclic) bond motifs is 4. The fourth-order valence-electron chi connectivity index (χ4n) is 9.00. The van der Waals surface area contributed by atoms with Gasteiger partial charge in [-0.15, -0.1) is 0 Å². The molecule has 0 bridgehead atoms. The number of hydrogen-bond acceptors (Lipinski definition) is 20. The fourth-order valence-corrected chi connectivity index (χ4v) is 9.00. The predicted octanol–water partition coefficient (Wildman–Crippen LogP) is -1.46. The standard InChI is InChI=1S/C44H38O23/c45-11-23-31(49)35(53)37(55)43(65-23)63-21-5-1-3-15-25(17-7-13(39(56)57)9-19(47)27(17)33(51)29(15)21)26-16-4-2-6-22(30(16)34(52)28-18(26)8-14(40(58)59)10-20(28)48)64-44-38(67-42(62)41(60)61)36(54)32(50)24(12-46)66-44/h1-10,23-26,31-32,35-38,43-50,53-55H,11-12H2,(H,56,57)(H,58,59)(H,60,61)/t23-,24-,25-,26-,31-,32-,35+,36+,37-,38-,43-,44-/m1/s1. The van der Waals surface area contributed by atoms with Crippen molar-refractivity contribution >= 4 is 35.4 Å². The van der Waals surface area contributed by atoms with Crippen LogP contribution in [0.5, 0.6) is 23.0 Å². The van der Waals surface area contributed by atoms with E-state index in [1.165, 1.54) is 30.3 Å². The Morgan fingerprint density at radius 2 is 0.970 bits per heavy atom. The second-order valence-electron chi connectivity index (χ2n) is 15.9. The van der Waals surface area contributed by atoms with E-state index in [0.717, 1.165) is 30.3 Å². The summed E-state index contributed by atoms with van der Waals surface area (Å²) in [6.07, 6.45) is -19.1. The van der Waals surface area contributed by atoms with Crippen LogP contribution in [-0.4, -0.2) is 171 Å². The van der Waals surface area contributed by atoms with Crippen molar-refractivity contribution in [1.82, 2.24) is 0 Å². The number of aliphatic carboxylic acids is 1. The molecule has 2 aliphatic carbocycles. The molecule has 4 aliphatic rings. The summed E-state index contributed by atoms with van der Waals surface area (Å²) < 4.78 is 28.0. The summed E-state index contributed by atoms with van der Waals surface area (Å²) in [5, 5.41) is 126. The topological polar surface area (TPSA) is 391 Å². The van der Waals surface area contributed by atoms with Crippen molar-refractivity contribution < 1.29 is 114 Å². The Hall–Kier alpha value is -7.06. The van der Waals surface area contributed by atoms with Crippen LogP contribution >= 0.6 is 0 Å². The minimum atomic E-state index is -2.16. The Morgan fingerprint density at radius 3 is 1.40 bits per heavy atom. The van der Waals surface area contributed by atoms with Crippen molar-refractivity contribution in [2.45, 2.75) is 73.2 Å². The number of ether oxygens (including phenoxy) is 5. The van der Waals surface area contributed by atoms with E-state index in [9.17, 15) is 90.0 Å². The lowest BCUT2D eigenvalue weighted by atomic mass is 9.63. The Morgan fingerprint density at radius 1 is 0.537 bits per heavy atom. The van der Waals surface area contributed by atoms with E-state index in [1.54, 1.807) is 0 Å². The molecule has 0 unspecified atom stereocenters. The van der Waals surface area contributed by atoms with Crippen molar-refractivity contribution in [3.05, 3.63) is 116 Å². The van der Waals surface area contributed by atoms with E-state index < -0.39 is 173 Å². The molecule has 4 aromatic carbocycles. The zero-order valence-electron chi connectivity index (χ0n) is 34.0. The van der Waals surface area contributed by atoms with Crippen molar-refractivity contribution in [3.63, 3.8) is 0 Å². The Kier molecular flexibility index (Phi) is 12.2. The van der Waals surface area contributed by atoms with Gasteiger partial charge in [-0.3, -0.25) is 9.59 Å². The fraction of sp³-hybridized carbons (Fsp3) is 0.318. The number of rotatable bonds is 10. The monoisotopic (exact) mass is 934 g/mol. The first-order valence-electron chi connectivity index (χ1n) is 20.0. The van der Waals surface area contributed by atoms with Crippen molar-refractivity contribution in [2.75, 3.05) is 13.2 Å². The zero-order valence-corrected chi connectivity index (χ0v) is 34.0. The number of carboxylic acids is 3. The van der Waals surface area contributed by atoms with Crippen LogP contribution < -0.4 is 9.47 Å². The van der Waals surface area contributed by atoms with Crippen LogP contribution in [-0.2, 0) is 23.8 Å². The van der Waals surface area contributed by atoms with Gasteiger partial charge in [0.15, 0.2) is 6.10 Å².